The van der Waals surface area contributed by atoms with Gasteiger partial charge in [0.1, 0.15) is 11.5 Å². The topological polar surface area (TPSA) is 105 Å². The number of anilines is 1. The van der Waals surface area contributed by atoms with Gasteiger partial charge in [0, 0.05) is 24.0 Å². The second-order valence-corrected chi connectivity index (χ2v) is 10.5. The van der Waals surface area contributed by atoms with Crippen LogP contribution in [0.5, 0.6) is 0 Å². The van der Waals surface area contributed by atoms with Crippen LogP contribution >= 0.6 is 11.3 Å². The first kappa shape index (κ1) is 23.3. The van der Waals surface area contributed by atoms with Gasteiger partial charge in [-0.05, 0) is 44.9 Å². The highest BCUT2D eigenvalue weighted by atomic mass is 32.2. The second kappa shape index (κ2) is 9.54. The van der Waals surface area contributed by atoms with Crippen molar-refractivity contribution in [1.29, 1.82) is 0 Å². The molecule has 0 radical (unpaired) electrons. The molecule has 4 rings (SSSR count). The Morgan fingerprint density at radius 2 is 2.09 bits per heavy atom. The predicted octanol–water partition coefficient (Wildman–Crippen LogP) is 4.10. The van der Waals surface area contributed by atoms with E-state index in [1.165, 1.54) is 40.8 Å². The normalized spacial score (nSPS) is 17.5. The molecule has 1 fully saturated rings. The van der Waals surface area contributed by atoms with Gasteiger partial charge in [-0.3, -0.25) is 4.79 Å². The Balaban J connectivity index is 1.55. The molecule has 1 aliphatic heterocycles. The van der Waals surface area contributed by atoms with Crippen molar-refractivity contribution < 1.29 is 22.1 Å². The number of benzene rings is 1. The minimum Gasteiger partial charge on any atom is -0.355 e. The van der Waals surface area contributed by atoms with Crippen LogP contribution in [0.2, 0.25) is 0 Å². The Morgan fingerprint density at radius 1 is 1.30 bits per heavy atom. The zero-order valence-electron chi connectivity index (χ0n) is 18.1. The Labute approximate surface area is 195 Å². The van der Waals surface area contributed by atoms with E-state index in [9.17, 15) is 17.6 Å². The van der Waals surface area contributed by atoms with E-state index in [0.717, 1.165) is 5.69 Å². The number of halogens is 1. The average molecular weight is 491 g/mol. The van der Waals surface area contributed by atoms with Crippen LogP contribution in [0.3, 0.4) is 0 Å². The van der Waals surface area contributed by atoms with Crippen molar-refractivity contribution in [2.24, 2.45) is 5.92 Å². The molecule has 1 aliphatic rings. The molecule has 11 heteroatoms. The summed E-state index contributed by atoms with van der Waals surface area (Å²) in [5.74, 6) is -1.18. The number of nitrogens with zero attached hydrogens (tertiary/aromatic N) is 3. The number of hydrogen-bond donors (Lipinski definition) is 1. The molecule has 3 aromatic rings. The number of aromatic nitrogens is 2. The molecule has 1 aromatic carbocycles. The molecule has 1 unspecified atom stereocenters. The second-order valence-electron chi connectivity index (χ2n) is 7.80. The number of carbonyl (C=O) groups excluding carboxylic acids is 1. The molecule has 1 saturated heterocycles. The van der Waals surface area contributed by atoms with E-state index in [4.69, 9.17) is 4.52 Å². The van der Waals surface area contributed by atoms with E-state index >= 15 is 0 Å². The molecule has 1 N–H and O–H groups in total. The highest BCUT2D eigenvalue weighted by molar-refractivity contribution is 7.89. The molecule has 3 heterocycles. The maximum Gasteiger partial charge on any atom is 0.248 e. The third-order valence-corrected chi connectivity index (χ3v) is 8.25. The molecule has 1 atom stereocenters. The number of thiazole rings is 1. The molecular weight excluding hydrogens is 467 g/mol. The summed E-state index contributed by atoms with van der Waals surface area (Å²) in [5, 5.41) is 8.91. The van der Waals surface area contributed by atoms with Crippen molar-refractivity contribution in [3.63, 3.8) is 0 Å². The van der Waals surface area contributed by atoms with Crippen LogP contribution in [-0.2, 0) is 14.8 Å². The highest BCUT2D eigenvalue weighted by Crippen LogP contribution is 2.30. The molecule has 33 heavy (non-hydrogen) atoms. The molecular formula is C22H23FN4O4S2. The third kappa shape index (κ3) is 5.05. The molecule has 174 valence electrons. The molecule has 0 bridgehead atoms. The number of sulfonamides is 1. The SMILES string of the molecule is Cc1csc(NC(=O)C2CCCN(S(=O)(=O)c3c(C)noc3/C=C/c3ccccc3F)C2)n1. The summed E-state index contributed by atoms with van der Waals surface area (Å²) < 4.78 is 47.4. The summed E-state index contributed by atoms with van der Waals surface area (Å²) in [7, 11) is -3.99. The van der Waals surface area contributed by atoms with Gasteiger partial charge in [0.15, 0.2) is 15.8 Å². The lowest BCUT2D eigenvalue weighted by atomic mass is 9.99. The summed E-state index contributed by atoms with van der Waals surface area (Å²) in [6, 6.07) is 6.13. The van der Waals surface area contributed by atoms with Gasteiger partial charge >= 0.3 is 0 Å². The minimum absolute atomic E-state index is 0.0144. The van der Waals surface area contributed by atoms with Crippen LogP contribution in [0.4, 0.5) is 9.52 Å². The summed E-state index contributed by atoms with van der Waals surface area (Å²) in [5.41, 5.74) is 1.30. The van der Waals surface area contributed by atoms with Gasteiger partial charge in [-0.2, -0.15) is 4.31 Å². The fourth-order valence-corrected chi connectivity index (χ4v) is 6.16. The van der Waals surface area contributed by atoms with Crippen molar-refractivity contribution >= 4 is 44.6 Å². The first-order valence-corrected chi connectivity index (χ1v) is 12.7. The molecule has 2 aromatic heterocycles. The highest BCUT2D eigenvalue weighted by Gasteiger charge is 2.37. The number of nitrogens with one attached hydrogen (secondary N) is 1. The van der Waals surface area contributed by atoms with Crippen molar-refractivity contribution in [3.8, 4) is 0 Å². The lowest BCUT2D eigenvalue weighted by Gasteiger charge is -2.30. The predicted molar refractivity (Wildman–Crippen MR) is 124 cm³/mol. The number of hydrogen-bond acceptors (Lipinski definition) is 7. The number of carbonyl (C=O) groups is 1. The quantitative estimate of drug-likeness (QED) is 0.558. The lowest BCUT2D eigenvalue weighted by molar-refractivity contribution is -0.120. The fourth-order valence-electron chi connectivity index (χ4n) is 3.70. The van der Waals surface area contributed by atoms with Gasteiger partial charge in [-0.15, -0.1) is 11.3 Å². The largest absolute Gasteiger partial charge is 0.355 e. The average Bonchev–Trinajstić information content (AvgIpc) is 3.38. The Kier molecular flexibility index (Phi) is 6.73. The number of amides is 1. The van der Waals surface area contributed by atoms with Gasteiger partial charge in [0.2, 0.25) is 15.9 Å². The Bertz CT molecular complexity index is 1300. The molecule has 8 nitrogen and oxygen atoms in total. The third-order valence-electron chi connectivity index (χ3n) is 5.35. The summed E-state index contributed by atoms with van der Waals surface area (Å²) >= 11 is 1.32. The van der Waals surface area contributed by atoms with Crippen molar-refractivity contribution in [2.75, 3.05) is 18.4 Å². The number of piperidine rings is 1. The number of aryl methyl sites for hydroxylation is 2. The Hall–Kier alpha value is -2.89. The van der Waals surface area contributed by atoms with E-state index in [1.807, 2.05) is 12.3 Å². The maximum absolute atomic E-state index is 13.9. The van der Waals surface area contributed by atoms with Crippen LogP contribution in [0.1, 0.15) is 35.6 Å². The van der Waals surface area contributed by atoms with Gasteiger partial charge < -0.3 is 9.84 Å². The summed E-state index contributed by atoms with van der Waals surface area (Å²) in [4.78, 5) is 16.9. The molecule has 0 spiro atoms. The van der Waals surface area contributed by atoms with Gasteiger partial charge in [0.25, 0.3) is 0 Å². The van der Waals surface area contributed by atoms with Crippen LogP contribution < -0.4 is 5.32 Å². The van der Waals surface area contributed by atoms with E-state index < -0.39 is 21.8 Å². The molecule has 0 saturated carbocycles. The fraction of sp³-hybridized carbons (Fsp3) is 0.318. The van der Waals surface area contributed by atoms with Crippen molar-refractivity contribution in [1.82, 2.24) is 14.4 Å². The van der Waals surface area contributed by atoms with Crippen molar-refractivity contribution in [3.05, 3.63) is 58.2 Å². The van der Waals surface area contributed by atoms with E-state index in [2.05, 4.69) is 15.5 Å². The van der Waals surface area contributed by atoms with Crippen LogP contribution in [0.25, 0.3) is 12.2 Å². The number of rotatable bonds is 6. The zero-order chi connectivity index (χ0) is 23.6. The molecule has 0 aliphatic carbocycles. The smallest absolute Gasteiger partial charge is 0.248 e. The van der Waals surface area contributed by atoms with E-state index in [-0.39, 0.29) is 35.3 Å². The van der Waals surface area contributed by atoms with Gasteiger partial charge in [-0.1, -0.05) is 23.4 Å². The Morgan fingerprint density at radius 3 is 2.82 bits per heavy atom. The van der Waals surface area contributed by atoms with E-state index in [1.54, 1.807) is 18.2 Å². The summed E-state index contributed by atoms with van der Waals surface area (Å²) in [6.45, 7) is 3.69. The van der Waals surface area contributed by atoms with Crippen LogP contribution in [-0.4, -0.2) is 41.9 Å². The zero-order valence-corrected chi connectivity index (χ0v) is 19.7. The lowest BCUT2D eigenvalue weighted by Crippen LogP contribution is -2.43. The standard InChI is InChI=1S/C22H23FN4O4S2/c1-14-13-32-22(24-14)25-21(28)17-7-5-11-27(12-17)33(29,30)20-15(2)26-31-19(20)10-9-16-6-3-4-8-18(16)23/h3-4,6,8-10,13,17H,5,7,11-12H2,1-2H3,(H,24,25,28)/b10-9+. The van der Waals surface area contributed by atoms with Crippen molar-refractivity contribution in [2.45, 2.75) is 31.6 Å². The van der Waals surface area contributed by atoms with E-state index in [0.29, 0.717) is 23.5 Å². The maximum atomic E-state index is 13.9. The molecule has 1 amide bonds. The van der Waals surface area contributed by atoms with Gasteiger partial charge in [-0.25, -0.2) is 17.8 Å². The first-order valence-electron chi connectivity index (χ1n) is 10.4. The van der Waals surface area contributed by atoms with Crippen LogP contribution in [0.15, 0.2) is 39.1 Å². The van der Waals surface area contributed by atoms with Gasteiger partial charge in [0.05, 0.1) is 11.6 Å². The summed E-state index contributed by atoms with van der Waals surface area (Å²) in [6.07, 6.45) is 3.95. The monoisotopic (exact) mass is 490 g/mol. The van der Waals surface area contributed by atoms with Crippen LogP contribution in [0, 0.1) is 25.6 Å². The minimum atomic E-state index is -3.99. The first-order chi connectivity index (χ1) is 15.8.